The molecule has 5 nitrogen and oxygen atoms in total. The Labute approximate surface area is 134 Å². The Hall–Kier alpha value is -1.19. The van der Waals surface area contributed by atoms with Gasteiger partial charge in [0.05, 0.1) is 5.56 Å². The van der Waals surface area contributed by atoms with Gasteiger partial charge in [0.2, 0.25) is 5.91 Å². The van der Waals surface area contributed by atoms with Crippen LogP contribution in [0.1, 0.15) is 12.0 Å². The van der Waals surface area contributed by atoms with Gasteiger partial charge in [0.15, 0.2) is 0 Å². The van der Waals surface area contributed by atoms with E-state index in [2.05, 4.69) is 10.6 Å². The summed E-state index contributed by atoms with van der Waals surface area (Å²) < 4.78 is 37.7. The molecular weight excluding hydrogens is 343 g/mol. The molecule has 1 aromatic heterocycles. The average molecular weight is 358 g/mol. The first-order valence-electron chi connectivity index (χ1n) is 6.27. The Balaban J connectivity index is 0.00000242. The van der Waals surface area contributed by atoms with E-state index in [1.807, 2.05) is 4.98 Å². The van der Waals surface area contributed by atoms with Gasteiger partial charge in [0.1, 0.15) is 5.69 Å². The van der Waals surface area contributed by atoms with Crippen molar-refractivity contribution in [1.82, 2.24) is 10.3 Å². The van der Waals surface area contributed by atoms with E-state index in [1.54, 1.807) is 11.8 Å². The highest BCUT2D eigenvalue weighted by Gasteiger charge is 2.31. The van der Waals surface area contributed by atoms with Crippen molar-refractivity contribution in [2.45, 2.75) is 18.6 Å². The molecule has 1 fully saturated rings. The summed E-state index contributed by atoms with van der Waals surface area (Å²) in [6.07, 6.45) is -3.88. The number of hydrogen-bond donors (Lipinski definition) is 3. The fourth-order valence-electron chi connectivity index (χ4n) is 1.92. The zero-order chi connectivity index (χ0) is 15.5. The smallest absolute Gasteiger partial charge is 0.327 e. The average Bonchev–Trinajstić information content (AvgIpc) is 2.41. The second-order valence-electron chi connectivity index (χ2n) is 4.61. The Kier molecular flexibility index (Phi) is 6.76. The zero-order valence-corrected chi connectivity index (χ0v) is 13.0. The van der Waals surface area contributed by atoms with Crippen molar-refractivity contribution in [3.8, 4) is 0 Å². The fourth-order valence-corrected chi connectivity index (χ4v) is 2.87. The number of hydrogen-bond acceptors (Lipinski definition) is 4. The number of carbonyl (C=O) groups excluding carboxylic acids is 1. The predicted molar refractivity (Wildman–Crippen MR) is 81.7 cm³/mol. The van der Waals surface area contributed by atoms with E-state index < -0.39 is 28.9 Å². The number of H-pyrrole nitrogens is 1. The number of amides is 1. The maximum atomic E-state index is 12.6. The van der Waals surface area contributed by atoms with Crippen LogP contribution in [0.25, 0.3) is 0 Å². The summed E-state index contributed by atoms with van der Waals surface area (Å²) in [5.41, 5.74) is -2.16. The van der Waals surface area contributed by atoms with E-state index in [0.717, 1.165) is 18.1 Å². The topological polar surface area (TPSA) is 74.0 Å². The molecule has 1 aliphatic rings. The molecule has 0 aromatic carbocycles. The number of anilines is 1. The molecule has 3 N–H and O–H groups in total. The molecule has 0 spiro atoms. The lowest BCUT2D eigenvalue weighted by atomic mass is 10.2. The number of aromatic nitrogens is 1. The lowest BCUT2D eigenvalue weighted by molar-refractivity contribution is -0.137. The summed E-state index contributed by atoms with van der Waals surface area (Å²) >= 11 is 1.70. The molecule has 2 heterocycles. The molecule has 1 unspecified atom stereocenters. The highest BCUT2D eigenvalue weighted by molar-refractivity contribution is 7.99. The SMILES string of the molecule is Cl.O=C(CC1CSCCN1)Nc1cc(C(F)(F)F)c[nH]c1=O. The van der Waals surface area contributed by atoms with Crippen molar-refractivity contribution in [3.05, 3.63) is 28.2 Å². The third-order valence-electron chi connectivity index (χ3n) is 2.93. The van der Waals surface area contributed by atoms with Gasteiger partial charge in [-0.15, -0.1) is 12.4 Å². The van der Waals surface area contributed by atoms with Crippen LogP contribution < -0.4 is 16.2 Å². The molecule has 0 radical (unpaired) electrons. The number of aromatic amines is 1. The lowest BCUT2D eigenvalue weighted by Gasteiger charge is -2.22. The van der Waals surface area contributed by atoms with Gasteiger partial charge >= 0.3 is 6.18 Å². The summed E-state index contributed by atoms with van der Waals surface area (Å²) in [5.74, 6) is 1.23. The second-order valence-corrected chi connectivity index (χ2v) is 5.76. The van der Waals surface area contributed by atoms with E-state index >= 15 is 0 Å². The fraction of sp³-hybridized carbons (Fsp3) is 0.500. The molecule has 0 saturated carbocycles. The molecule has 10 heteroatoms. The van der Waals surface area contributed by atoms with Crippen LogP contribution in [0.3, 0.4) is 0 Å². The Morgan fingerprint density at radius 3 is 2.77 bits per heavy atom. The van der Waals surface area contributed by atoms with Crippen molar-refractivity contribution in [1.29, 1.82) is 0 Å². The first-order valence-corrected chi connectivity index (χ1v) is 7.42. The standard InChI is InChI=1S/C12H14F3N3O2S.ClH/c13-12(14,15)7-3-9(11(20)17-5-7)18-10(19)4-8-6-21-2-1-16-8;/h3,5,8,16H,1-2,4,6H2,(H,17,20)(H,18,19);1H. The van der Waals surface area contributed by atoms with Gasteiger partial charge in [-0.25, -0.2) is 0 Å². The quantitative estimate of drug-likeness (QED) is 0.772. The van der Waals surface area contributed by atoms with E-state index in [1.165, 1.54) is 0 Å². The van der Waals surface area contributed by atoms with E-state index in [9.17, 15) is 22.8 Å². The monoisotopic (exact) mass is 357 g/mol. The van der Waals surface area contributed by atoms with Crippen molar-refractivity contribution in [3.63, 3.8) is 0 Å². The molecule has 22 heavy (non-hydrogen) atoms. The highest BCUT2D eigenvalue weighted by atomic mass is 35.5. The highest BCUT2D eigenvalue weighted by Crippen LogP contribution is 2.29. The minimum atomic E-state index is -4.58. The van der Waals surface area contributed by atoms with Crippen molar-refractivity contribution < 1.29 is 18.0 Å². The molecule has 2 rings (SSSR count). The van der Waals surface area contributed by atoms with Gasteiger partial charge in [0, 0.05) is 36.7 Å². The van der Waals surface area contributed by atoms with Crippen LogP contribution in [0, 0.1) is 0 Å². The summed E-state index contributed by atoms with van der Waals surface area (Å²) in [4.78, 5) is 25.2. The van der Waals surface area contributed by atoms with Crippen LogP contribution in [0.15, 0.2) is 17.1 Å². The number of carbonyl (C=O) groups is 1. The van der Waals surface area contributed by atoms with Crippen LogP contribution in [0.4, 0.5) is 18.9 Å². The zero-order valence-electron chi connectivity index (χ0n) is 11.3. The molecule has 1 aromatic rings. The van der Waals surface area contributed by atoms with Crippen LogP contribution >= 0.6 is 24.2 Å². The molecule has 1 amide bonds. The van der Waals surface area contributed by atoms with Crippen molar-refractivity contribution >= 4 is 35.8 Å². The van der Waals surface area contributed by atoms with Crippen LogP contribution in [0.2, 0.25) is 0 Å². The second kappa shape index (κ2) is 7.89. The Bertz CT molecular complexity index is 573. The van der Waals surface area contributed by atoms with E-state index in [0.29, 0.717) is 12.3 Å². The van der Waals surface area contributed by atoms with E-state index in [-0.39, 0.29) is 24.9 Å². The number of rotatable bonds is 3. The van der Waals surface area contributed by atoms with Gasteiger partial charge in [-0.2, -0.15) is 24.9 Å². The summed E-state index contributed by atoms with van der Waals surface area (Å²) in [7, 11) is 0. The minimum absolute atomic E-state index is 0. The maximum absolute atomic E-state index is 12.6. The predicted octanol–water partition coefficient (Wildman–Crippen LogP) is 1.85. The molecule has 124 valence electrons. The molecule has 1 aliphatic heterocycles. The van der Waals surface area contributed by atoms with Gasteiger partial charge < -0.3 is 15.6 Å². The number of thioether (sulfide) groups is 1. The molecule has 1 saturated heterocycles. The molecule has 0 bridgehead atoms. The molecule has 1 atom stereocenters. The summed E-state index contributed by atoms with van der Waals surface area (Å²) in [6.45, 7) is 0.784. The van der Waals surface area contributed by atoms with Gasteiger partial charge in [-0.1, -0.05) is 0 Å². The number of halogens is 4. The van der Waals surface area contributed by atoms with Gasteiger partial charge in [0.25, 0.3) is 5.56 Å². The van der Waals surface area contributed by atoms with Crippen molar-refractivity contribution in [2.75, 3.05) is 23.4 Å². The first-order chi connectivity index (χ1) is 9.86. The Morgan fingerprint density at radius 2 is 2.18 bits per heavy atom. The maximum Gasteiger partial charge on any atom is 0.417 e. The largest absolute Gasteiger partial charge is 0.417 e. The van der Waals surface area contributed by atoms with Crippen LogP contribution in [-0.4, -0.2) is 35.0 Å². The van der Waals surface area contributed by atoms with Crippen LogP contribution in [0.5, 0.6) is 0 Å². The third kappa shape index (κ3) is 5.22. The number of nitrogens with one attached hydrogen (secondary N) is 3. The van der Waals surface area contributed by atoms with Crippen LogP contribution in [-0.2, 0) is 11.0 Å². The minimum Gasteiger partial charge on any atom is -0.327 e. The van der Waals surface area contributed by atoms with Gasteiger partial charge in [-0.05, 0) is 6.07 Å². The molecule has 0 aliphatic carbocycles. The summed E-state index contributed by atoms with van der Waals surface area (Å²) in [6, 6.07) is 0.605. The summed E-state index contributed by atoms with van der Waals surface area (Å²) in [5, 5.41) is 5.38. The van der Waals surface area contributed by atoms with Crippen molar-refractivity contribution in [2.24, 2.45) is 0 Å². The van der Waals surface area contributed by atoms with E-state index in [4.69, 9.17) is 0 Å². The first kappa shape index (κ1) is 18.9. The Morgan fingerprint density at radius 1 is 1.45 bits per heavy atom. The molecular formula is C12H15ClF3N3O2S. The lowest BCUT2D eigenvalue weighted by Crippen LogP contribution is -2.40. The normalized spacial score (nSPS) is 18.4. The van der Waals surface area contributed by atoms with Gasteiger partial charge in [-0.3, -0.25) is 9.59 Å². The number of pyridine rings is 1. The number of alkyl halides is 3. The third-order valence-corrected chi connectivity index (χ3v) is 4.07.